The third kappa shape index (κ3) is 3.97. The molecule has 1 N–H and O–H groups in total. The van der Waals surface area contributed by atoms with Crippen molar-refractivity contribution in [3.05, 3.63) is 89.4 Å². The SMILES string of the molecule is COc1ccccc1CN/N=C\c1cn(-c2ccccc2)nc1-c1cccs1. The van der Waals surface area contributed by atoms with Crippen LogP contribution in [0.4, 0.5) is 0 Å². The number of thiophene rings is 1. The maximum Gasteiger partial charge on any atom is 0.123 e. The summed E-state index contributed by atoms with van der Waals surface area (Å²) >= 11 is 1.67. The highest BCUT2D eigenvalue weighted by molar-refractivity contribution is 7.13. The summed E-state index contributed by atoms with van der Waals surface area (Å²) in [5, 5.41) is 11.2. The molecule has 0 radical (unpaired) electrons. The summed E-state index contributed by atoms with van der Waals surface area (Å²) in [4.78, 5) is 1.11. The maximum atomic E-state index is 5.38. The van der Waals surface area contributed by atoms with Crippen LogP contribution in [0.2, 0.25) is 0 Å². The average Bonchev–Trinajstić information content (AvgIpc) is 3.42. The van der Waals surface area contributed by atoms with Crippen LogP contribution < -0.4 is 10.2 Å². The van der Waals surface area contributed by atoms with Crippen LogP contribution in [0.25, 0.3) is 16.3 Å². The highest BCUT2D eigenvalue weighted by Crippen LogP contribution is 2.26. The van der Waals surface area contributed by atoms with E-state index in [4.69, 9.17) is 9.84 Å². The molecule has 2 heterocycles. The van der Waals surface area contributed by atoms with E-state index in [1.54, 1.807) is 18.4 Å². The van der Waals surface area contributed by atoms with Gasteiger partial charge >= 0.3 is 0 Å². The number of para-hydroxylation sites is 2. The molecule has 4 aromatic rings. The largest absolute Gasteiger partial charge is 0.496 e. The Bertz CT molecular complexity index is 1060. The molecule has 0 unspecified atom stereocenters. The molecular weight excluding hydrogens is 368 g/mol. The Morgan fingerprint density at radius 3 is 2.68 bits per heavy atom. The second-order valence-electron chi connectivity index (χ2n) is 6.10. The van der Waals surface area contributed by atoms with Gasteiger partial charge in [0.05, 0.1) is 30.4 Å². The number of benzene rings is 2. The monoisotopic (exact) mass is 388 g/mol. The predicted molar refractivity (Wildman–Crippen MR) is 114 cm³/mol. The summed E-state index contributed by atoms with van der Waals surface area (Å²) < 4.78 is 7.26. The lowest BCUT2D eigenvalue weighted by atomic mass is 10.2. The van der Waals surface area contributed by atoms with Crippen molar-refractivity contribution in [2.24, 2.45) is 5.10 Å². The normalized spacial score (nSPS) is 11.0. The number of nitrogens with zero attached hydrogens (tertiary/aromatic N) is 3. The molecule has 2 aromatic carbocycles. The molecule has 0 atom stereocenters. The Morgan fingerprint density at radius 1 is 1.07 bits per heavy atom. The summed E-state index contributed by atoms with van der Waals surface area (Å²) in [5.74, 6) is 0.848. The highest BCUT2D eigenvalue weighted by Gasteiger charge is 2.11. The summed E-state index contributed by atoms with van der Waals surface area (Å²) in [6.45, 7) is 0.585. The Kier molecular flexibility index (Phi) is 5.49. The number of hydrogen-bond acceptors (Lipinski definition) is 5. The molecule has 5 nitrogen and oxygen atoms in total. The number of aromatic nitrogens is 2. The molecule has 0 fully saturated rings. The lowest BCUT2D eigenvalue weighted by Gasteiger charge is -2.07. The van der Waals surface area contributed by atoms with E-state index in [-0.39, 0.29) is 0 Å². The van der Waals surface area contributed by atoms with E-state index in [2.05, 4.69) is 22.0 Å². The second-order valence-corrected chi connectivity index (χ2v) is 7.04. The van der Waals surface area contributed by atoms with Gasteiger partial charge in [0.1, 0.15) is 11.4 Å². The van der Waals surface area contributed by atoms with E-state index < -0.39 is 0 Å². The molecule has 28 heavy (non-hydrogen) atoms. The third-order valence-electron chi connectivity index (χ3n) is 4.27. The summed E-state index contributed by atoms with van der Waals surface area (Å²) in [6.07, 6.45) is 3.82. The van der Waals surface area contributed by atoms with Crippen molar-refractivity contribution in [1.82, 2.24) is 15.2 Å². The number of hydrazone groups is 1. The number of methoxy groups -OCH3 is 1. The van der Waals surface area contributed by atoms with E-state index in [0.29, 0.717) is 6.54 Å². The van der Waals surface area contributed by atoms with Crippen molar-refractivity contribution < 1.29 is 4.74 Å². The highest BCUT2D eigenvalue weighted by atomic mass is 32.1. The molecule has 140 valence electrons. The molecule has 0 saturated heterocycles. The van der Waals surface area contributed by atoms with Gasteiger partial charge in [-0.3, -0.25) is 0 Å². The maximum absolute atomic E-state index is 5.38. The topological polar surface area (TPSA) is 51.4 Å². The van der Waals surface area contributed by atoms with Crippen LogP contribution in [0, 0.1) is 0 Å². The first-order valence-electron chi connectivity index (χ1n) is 8.92. The molecule has 2 aromatic heterocycles. The molecule has 4 rings (SSSR count). The lowest BCUT2D eigenvalue weighted by Crippen LogP contribution is -2.06. The standard InChI is InChI=1S/C22H20N4OS/c1-27-20-11-6-5-8-17(20)14-23-24-15-18-16-26(19-9-3-2-4-10-19)25-22(18)21-12-7-13-28-21/h2-13,15-16,23H,14H2,1H3/b24-15-. The van der Waals surface area contributed by atoms with Gasteiger partial charge in [-0.25, -0.2) is 4.68 Å². The summed E-state index contributed by atoms with van der Waals surface area (Å²) in [6, 6.07) is 22.1. The fourth-order valence-electron chi connectivity index (χ4n) is 2.89. The van der Waals surface area contributed by atoms with Crippen molar-refractivity contribution in [3.8, 4) is 22.0 Å². The summed E-state index contributed by atoms with van der Waals surface area (Å²) in [5.41, 5.74) is 7.05. The minimum atomic E-state index is 0.585. The van der Waals surface area contributed by atoms with Gasteiger partial charge in [0.15, 0.2) is 0 Å². The quantitative estimate of drug-likeness (QED) is 0.368. The zero-order chi connectivity index (χ0) is 19.2. The van der Waals surface area contributed by atoms with Crippen molar-refractivity contribution in [2.45, 2.75) is 6.54 Å². The number of rotatable bonds is 7. The van der Waals surface area contributed by atoms with Gasteiger partial charge in [-0.15, -0.1) is 11.3 Å². The minimum Gasteiger partial charge on any atom is -0.496 e. The van der Waals surface area contributed by atoms with E-state index >= 15 is 0 Å². The van der Waals surface area contributed by atoms with Gasteiger partial charge < -0.3 is 10.2 Å². The first kappa shape index (κ1) is 18.0. The van der Waals surface area contributed by atoms with Gasteiger partial charge in [-0.2, -0.15) is 10.2 Å². The molecular formula is C22H20N4OS. The van der Waals surface area contributed by atoms with Crippen LogP contribution in [-0.2, 0) is 6.54 Å². The fourth-order valence-corrected chi connectivity index (χ4v) is 3.63. The van der Waals surface area contributed by atoms with Gasteiger partial charge in [0.25, 0.3) is 0 Å². The molecule has 0 bridgehead atoms. The van der Waals surface area contributed by atoms with Crippen LogP contribution in [0.5, 0.6) is 5.75 Å². The zero-order valence-electron chi connectivity index (χ0n) is 15.4. The van der Waals surface area contributed by atoms with E-state index in [9.17, 15) is 0 Å². The average molecular weight is 388 g/mol. The third-order valence-corrected chi connectivity index (χ3v) is 5.15. The Labute approximate surface area is 167 Å². The fraction of sp³-hybridized carbons (Fsp3) is 0.0909. The van der Waals surface area contributed by atoms with Crippen molar-refractivity contribution in [2.75, 3.05) is 7.11 Å². The Balaban J connectivity index is 1.56. The lowest BCUT2D eigenvalue weighted by molar-refractivity contribution is 0.408. The van der Waals surface area contributed by atoms with Crippen LogP contribution in [0.1, 0.15) is 11.1 Å². The van der Waals surface area contributed by atoms with Crippen LogP contribution in [-0.4, -0.2) is 23.1 Å². The zero-order valence-corrected chi connectivity index (χ0v) is 16.3. The predicted octanol–water partition coefficient (Wildman–Crippen LogP) is 4.73. The van der Waals surface area contributed by atoms with Crippen molar-refractivity contribution >= 4 is 17.6 Å². The summed E-state index contributed by atoms with van der Waals surface area (Å²) in [7, 11) is 1.67. The van der Waals surface area contributed by atoms with Crippen molar-refractivity contribution in [3.63, 3.8) is 0 Å². The van der Waals surface area contributed by atoms with E-state index in [0.717, 1.165) is 33.1 Å². The Morgan fingerprint density at radius 2 is 1.89 bits per heavy atom. The van der Waals surface area contributed by atoms with Gasteiger partial charge in [-0.05, 0) is 29.6 Å². The number of ether oxygens (including phenoxy) is 1. The van der Waals surface area contributed by atoms with Crippen LogP contribution >= 0.6 is 11.3 Å². The second kappa shape index (κ2) is 8.54. The van der Waals surface area contributed by atoms with Crippen molar-refractivity contribution in [1.29, 1.82) is 0 Å². The van der Waals surface area contributed by atoms with Gasteiger partial charge in [0.2, 0.25) is 0 Å². The first-order valence-corrected chi connectivity index (χ1v) is 9.80. The van der Waals surface area contributed by atoms with E-state index in [1.807, 2.05) is 77.8 Å². The molecule has 0 aliphatic carbocycles. The minimum absolute atomic E-state index is 0.585. The number of nitrogens with one attached hydrogen (secondary N) is 1. The molecule has 0 spiro atoms. The van der Waals surface area contributed by atoms with Crippen LogP contribution in [0.3, 0.4) is 0 Å². The molecule has 6 heteroatoms. The molecule has 0 amide bonds. The molecule has 0 saturated carbocycles. The smallest absolute Gasteiger partial charge is 0.123 e. The van der Waals surface area contributed by atoms with Crippen LogP contribution in [0.15, 0.2) is 83.4 Å². The molecule has 0 aliphatic heterocycles. The van der Waals surface area contributed by atoms with Gasteiger partial charge in [-0.1, -0.05) is 42.5 Å². The Hall–Kier alpha value is -3.38. The van der Waals surface area contributed by atoms with Gasteiger partial charge in [0, 0.05) is 17.3 Å². The first-order chi connectivity index (χ1) is 13.8. The van der Waals surface area contributed by atoms with E-state index in [1.165, 1.54) is 0 Å². The number of hydrogen-bond donors (Lipinski definition) is 1. The molecule has 0 aliphatic rings.